The van der Waals surface area contributed by atoms with E-state index >= 15 is 0 Å². The van der Waals surface area contributed by atoms with E-state index in [-0.39, 0.29) is 5.91 Å². The van der Waals surface area contributed by atoms with E-state index in [1.165, 1.54) is 6.20 Å². The molecule has 18 heavy (non-hydrogen) atoms. The maximum Gasteiger partial charge on any atom is 0.274 e. The number of nitrogens with one attached hydrogen (secondary N) is 1. The molecule has 0 aliphatic heterocycles. The highest BCUT2D eigenvalue weighted by Gasteiger charge is 2.15. The number of hydrogen-bond acceptors (Lipinski definition) is 4. The molecule has 1 aromatic heterocycles. The number of carbonyl (C=O) groups is 1. The lowest BCUT2D eigenvalue weighted by Crippen LogP contribution is -2.32. The molecule has 1 N–H and O–H groups in total. The van der Waals surface area contributed by atoms with Crippen molar-refractivity contribution in [1.82, 2.24) is 14.9 Å². The first-order chi connectivity index (χ1) is 8.72. The Bertz CT molecular complexity index is 381. The van der Waals surface area contributed by atoms with Gasteiger partial charge in [-0.25, -0.2) is 4.98 Å². The van der Waals surface area contributed by atoms with Gasteiger partial charge in [-0.3, -0.25) is 9.78 Å². The molecule has 0 radical (unpaired) electrons. The molecule has 5 nitrogen and oxygen atoms in total. The summed E-state index contributed by atoms with van der Waals surface area (Å²) in [5.74, 6) is 0.613. The fraction of sp³-hybridized carbons (Fsp3) is 0.615. The molecule has 1 aromatic rings. The highest BCUT2D eigenvalue weighted by molar-refractivity contribution is 5.92. The topological polar surface area (TPSA) is 58.1 Å². The van der Waals surface area contributed by atoms with Crippen LogP contribution in [0.4, 0.5) is 5.82 Å². The fourth-order valence-corrected chi connectivity index (χ4v) is 1.64. The molecule has 100 valence electrons. The van der Waals surface area contributed by atoms with E-state index in [1.807, 2.05) is 6.92 Å². The van der Waals surface area contributed by atoms with Crippen molar-refractivity contribution in [2.75, 3.05) is 25.0 Å². The van der Waals surface area contributed by atoms with Gasteiger partial charge in [0.1, 0.15) is 11.5 Å². The lowest BCUT2D eigenvalue weighted by molar-refractivity contribution is 0.0758. The lowest BCUT2D eigenvalue weighted by Gasteiger charge is -2.19. The number of rotatable bonds is 7. The predicted octanol–water partition coefficient (Wildman–Crippen LogP) is 2.17. The largest absolute Gasteiger partial charge is 0.369 e. The molecular formula is C13H22N4O. The average molecular weight is 250 g/mol. The minimum absolute atomic E-state index is 0.0491. The Hall–Kier alpha value is -1.65. The van der Waals surface area contributed by atoms with Gasteiger partial charge < -0.3 is 10.2 Å². The molecule has 1 heterocycles. The number of nitrogens with zero attached hydrogens (tertiary/aromatic N) is 3. The van der Waals surface area contributed by atoms with E-state index in [4.69, 9.17) is 0 Å². The summed E-state index contributed by atoms with van der Waals surface area (Å²) in [7, 11) is 0. The summed E-state index contributed by atoms with van der Waals surface area (Å²) >= 11 is 0. The minimum atomic E-state index is -0.0491. The van der Waals surface area contributed by atoms with Crippen LogP contribution in [0.15, 0.2) is 12.4 Å². The number of carbonyl (C=O) groups excluding carboxylic acids is 1. The van der Waals surface area contributed by atoms with Crippen molar-refractivity contribution in [2.45, 2.75) is 33.6 Å². The van der Waals surface area contributed by atoms with Crippen molar-refractivity contribution < 1.29 is 4.79 Å². The van der Waals surface area contributed by atoms with E-state index in [1.54, 1.807) is 11.1 Å². The van der Waals surface area contributed by atoms with Crippen LogP contribution in [0.3, 0.4) is 0 Å². The Kier molecular flexibility index (Phi) is 6.11. The molecule has 0 saturated carbocycles. The Balaban J connectivity index is 2.78. The van der Waals surface area contributed by atoms with E-state index in [0.717, 1.165) is 25.9 Å². The lowest BCUT2D eigenvalue weighted by atomic mass is 10.3. The van der Waals surface area contributed by atoms with Gasteiger partial charge in [0.05, 0.1) is 12.4 Å². The van der Waals surface area contributed by atoms with Crippen molar-refractivity contribution in [3.05, 3.63) is 18.1 Å². The van der Waals surface area contributed by atoms with Crippen LogP contribution in [0.2, 0.25) is 0 Å². The fourth-order valence-electron chi connectivity index (χ4n) is 1.64. The van der Waals surface area contributed by atoms with Gasteiger partial charge in [-0.1, -0.05) is 13.8 Å². The van der Waals surface area contributed by atoms with Crippen LogP contribution < -0.4 is 5.32 Å². The Morgan fingerprint density at radius 1 is 1.28 bits per heavy atom. The highest BCUT2D eigenvalue weighted by atomic mass is 16.2. The van der Waals surface area contributed by atoms with Gasteiger partial charge in [0.25, 0.3) is 5.91 Å². The molecule has 0 atom stereocenters. The number of amides is 1. The van der Waals surface area contributed by atoms with Gasteiger partial charge in [-0.15, -0.1) is 0 Å². The molecule has 0 unspecified atom stereocenters. The van der Waals surface area contributed by atoms with Crippen LogP contribution >= 0.6 is 0 Å². The molecule has 0 spiro atoms. The van der Waals surface area contributed by atoms with E-state index < -0.39 is 0 Å². The molecule has 5 heteroatoms. The third-order valence-corrected chi connectivity index (χ3v) is 2.57. The molecule has 1 amide bonds. The van der Waals surface area contributed by atoms with Crippen LogP contribution in [0.1, 0.15) is 44.1 Å². The van der Waals surface area contributed by atoms with Crippen LogP contribution in [0, 0.1) is 0 Å². The van der Waals surface area contributed by atoms with Gasteiger partial charge in [-0.2, -0.15) is 0 Å². The highest BCUT2D eigenvalue weighted by Crippen LogP contribution is 2.06. The van der Waals surface area contributed by atoms with Gasteiger partial charge in [0.2, 0.25) is 0 Å². The van der Waals surface area contributed by atoms with E-state index in [0.29, 0.717) is 18.1 Å². The molecule has 0 bridgehead atoms. The van der Waals surface area contributed by atoms with E-state index in [9.17, 15) is 4.79 Å². The smallest absolute Gasteiger partial charge is 0.274 e. The Morgan fingerprint density at radius 2 is 2.06 bits per heavy atom. The maximum absolute atomic E-state index is 12.2. The average Bonchev–Trinajstić information content (AvgIpc) is 2.42. The molecule has 0 saturated heterocycles. The maximum atomic E-state index is 12.2. The summed E-state index contributed by atoms with van der Waals surface area (Å²) < 4.78 is 0. The van der Waals surface area contributed by atoms with Gasteiger partial charge in [0, 0.05) is 19.6 Å². The first kappa shape index (κ1) is 14.4. The zero-order valence-electron chi connectivity index (χ0n) is 11.4. The Labute approximate surface area is 109 Å². The first-order valence-corrected chi connectivity index (χ1v) is 6.58. The molecule has 0 aliphatic rings. The summed E-state index contributed by atoms with van der Waals surface area (Å²) in [5.41, 5.74) is 0.409. The second-order valence-electron chi connectivity index (χ2n) is 4.10. The molecular weight excluding hydrogens is 228 g/mol. The number of aromatic nitrogens is 2. The summed E-state index contributed by atoms with van der Waals surface area (Å²) in [6.45, 7) is 8.39. The summed E-state index contributed by atoms with van der Waals surface area (Å²) in [6.07, 6.45) is 5.12. The second kappa shape index (κ2) is 7.63. The normalized spacial score (nSPS) is 10.2. The van der Waals surface area contributed by atoms with Crippen LogP contribution in [-0.4, -0.2) is 40.4 Å². The van der Waals surface area contributed by atoms with Crippen LogP contribution in [0.5, 0.6) is 0 Å². The summed E-state index contributed by atoms with van der Waals surface area (Å²) in [6, 6.07) is 0. The quantitative estimate of drug-likeness (QED) is 0.805. The monoisotopic (exact) mass is 250 g/mol. The molecule has 1 rings (SSSR count). The molecule has 0 aromatic carbocycles. The minimum Gasteiger partial charge on any atom is -0.369 e. The summed E-state index contributed by atoms with van der Waals surface area (Å²) in [4.78, 5) is 22.3. The van der Waals surface area contributed by atoms with E-state index in [2.05, 4.69) is 29.1 Å². The van der Waals surface area contributed by atoms with Gasteiger partial charge >= 0.3 is 0 Å². The molecule has 0 fully saturated rings. The SMILES string of the molecule is CCCNc1cncc(C(=O)N(CC)CCC)n1. The van der Waals surface area contributed by atoms with Gasteiger partial charge in [-0.05, 0) is 19.8 Å². The van der Waals surface area contributed by atoms with Crippen LogP contribution in [0.25, 0.3) is 0 Å². The molecule has 0 aliphatic carbocycles. The standard InChI is InChI=1S/C13H22N4O/c1-4-7-15-12-10-14-9-11(16-12)13(18)17(6-3)8-5-2/h9-10H,4-8H2,1-3H3,(H,15,16). The van der Waals surface area contributed by atoms with Crippen molar-refractivity contribution in [3.8, 4) is 0 Å². The van der Waals surface area contributed by atoms with Crippen molar-refractivity contribution in [2.24, 2.45) is 0 Å². The first-order valence-electron chi connectivity index (χ1n) is 6.58. The Morgan fingerprint density at radius 3 is 2.67 bits per heavy atom. The number of hydrogen-bond donors (Lipinski definition) is 1. The van der Waals surface area contributed by atoms with Crippen LogP contribution in [-0.2, 0) is 0 Å². The van der Waals surface area contributed by atoms with Gasteiger partial charge in [0.15, 0.2) is 0 Å². The summed E-state index contributed by atoms with van der Waals surface area (Å²) in [5, 5.41) is 3.13. The third kappa shape index (κ3) is 3.98. The van der Waals surface area contributed by atoms with Crippen molar-refractivity contribution in [1.29, 1.82) is 0 Å². The predicted molar refractivity (Wildman–Crippen MR) is 72.7 cm³/mol. The zero-order chi connectivity index (χ0) is 13.4. The third-order valence-electron chi connectivity index (χ3n) is 2.57. The van der Waals surface area contributed by atoms with Crippen molar-refractivity contribution >= 4 is 11.7 Å². The number of anilines is 1. The second-order valence-corrected chi connectivity index (χ2v) is 4.10. The zero-order valence-corrected chi connectivity index (χ0v) is 11.4. The van der Waals surface area contributed by atoms with Crippen molar-refractivity contribution in [3.63, 3.8) is 0 Å².